The number of benzene rings is 1. The van der Waals surface area contributed by atoms with E-state index in [4.69, 9.17) is 10.5 Å². The zero-order valence-corrected chi connectivity index (χ0v) is 9.49. The van der Waals surface area contributed by atoms with Crippen LogP contribution in [-0.4, -0.2) is 29.1 Å². The van der Waals surface area contributed by atoms with Gasteiger partial charge in [0, 0.05) is 5.69 Å². The zero-order chi connectivity index (χ0) is 12.3. The maximum Gasteiger partial charge on any atom is 0.325 e. The van der Waals surface area contributed by atoms with Crippen LogP contribution in [0, 0.1) is 0 Å². The Labute approximate surface area is 98.2 Å². The number of esters is 1. The van der Waals surface area contributed by atoms with Crippen LogP contribution < -0.4 is 11.1 Å². The maximum atomic E-state index is 11.1. The molecule has 17 heavy (non-hydrogen) atoms. The number of carbonyl (C=O) groups excluding carboxylic acids is 1. The van der Waals surface area contributed by atoms with Gasteiger partial charge in [-0.25, -0.2) is 4.98 Å². The second-order valence-electron chi connectivity index (χ2n) is 3.52. The number of nitrogens with zero attached hydrogens (tertiary/aromatic N) is 1. The number of rotatable bonds is 4. The van der Waals surface area contributed by atoms with Crippen molar-refractivity contribution in [3.63, 3.8) is 0 Å². The molecule has 0 bridgehead atoms. The number of H-pyrrole nitrogens is 1. The summed E-state index contributed by atoms with van der Waals surface area (Å²) in [4.78, 5) is 18.4. The first kappa shape index (κ1) is 11.3. The third kappa shape index (κ3) is 2.66. The maximum absolute atomic E-state index is 11.1. The van der Waals surface area contributed by atoms with E-state index in [1.54, 1.807) is 19.1 Å². The number of imidazole rings is 1. The SMILES string of the molecule is CCOC(=O)CNc1nc2ccc(N)cc2[nH]1. The Morgan fingerprint density at radius 3 is 3.18 bits per heavy atom. The zero-order valence-electron chi connectivity index (χ0n) is 9.49. The van der Waals surface area contributed by atoms with Gasteiger partial charge in [0.1, 0.15) is 6.54 Å². The highest BCUT2D eigenvalue weighted by atomic mass is 16.5. The van der Waals surface area contributed by atoms with Gasteiger partial charge in [-0.3, -0.25) is 4.79 Å². The second kappa shape index (κ2) is 4.73. The van der Waals surface area contributed by atoms with Crippen LogP contribution in [0.1, 0.15) is 6.92 Å². The number of aromatic nitrogens is 2. The number of nitrogens with two attached hydrogens (primary N) is 1. The smallest absolute Gasteiger partial charge is 0.325 e. The standard InChI is InChI=1S/C11H14N4O2/c1-2-17-10(16)6-13-11-14-8-4-3-7(12)5-9(8)15-11/h3-5H,2,6,12H2,1H3,(H2,13,14,15). The number of hydrogen-bond acceptors (Lipinski definition) is 5. The van der Waals surface area contributed by atoms with Crippen molar-refractivity contribution in [2.75, 3.05) is 24.2 Å². The largest absolute Gasteiger partial charge is 0.465 e. The van der Waals surface area contributed by atoms with Crippen LogP contribution in [0.2, 0.25) is 0 Å². The lowest BCUT2D eigenvalue weighted by atomic mass is 10.3. The predicted octanol–water partition coefficient (Wildman–Crippen LogP) is 1.12. The molecule has 0 aliphatic heterocycles. The van der Waals surface area contributed by atoms with Gasteiger partial charge in [0.05, 0.1) is 17.6 Å². The van der Waals surface area contributed by atoms with Gasteiger partial charge >= 0.3 is 5.97 Å². The minimum Gasteiger partial charge on any atom is -0.465 e. The molecule has 0 saturated heterocycles. The summed E-state index contributed by atoms with van der Waals surface area (Å²) < 4.78 is 4.79. The Morgan fingerprint density at radius 2 is 2.41 bits per heavy atom. The van der Waals surface area contributed by atoms with E-state index in [0.29, 0.717) is 18.2 Å². The van der Waals surface area contributed by atoms with E-state index in [2.05, 4.69) is 15.3 Å². The van der Waals surface area contributed by atoms with Crippen LogP contribution in [0.25, 0.3) is 11.0 Å². The minimum absolute atomic E-state index is 0.0865. The van der Waals surface area contributed by atoms with Crippen LogP contribution >= 0.6 is 0 Å². The molecule has 2 rings (SSSR count). The van der Waals surface area contributed by atoms with Crippen molar-refractivity contribution in [1.82, 2.24) is 9.97 Å². The van der Waals surface area contributed by atoms with Crippen molar-refractivity contribution >= 4 is 28.6 Å². The Morgan fingerprint density at radius 1 is 1.59 bits per heavy atom. The van der Waals surface area contributed by atoms with Crippen molar-refractivity contribution in [2.24, 2.45) is 0 Å². The summed E-state index contributed by atoms with van der Waals surface area (Å²) in [5.74, 6) is 0.214. The Bertz CT molecular complexity index is 535. The van der Waals surface area contributed by atoms with Crippen molar-refractivity contribution in [2.45, 2.75) is 6.92 Å². The minimum atomic E-state index is -0.313. The molecule has 6 heteroatoms. The summed E-state index contributed by atoms with van der Waals surface area (Å²) in [5, 5.41) is 2.86. The molecule has 0 spiro atoms. The Kier molecular flexibility index (Phi) is 3.13. The first-order valence-corrected chi connectivity index (χ1v) is 5.34. The summed E-state index contributed by atoms with van der Waals surface area (Å²) in [7, 11) is 0. The van der Waals surface area contributed by atoms with Crippen LogP contribution in [0.5, 0.6) is 0 Å². The van der Waals surface area contributed by atoms with Crippen LogP contribution in [0.3, 0.4) is 0 Å². The average molecular weight is 234 g/mol. The number of ether oxygens (including phenoxy) is 1. The molecule has 4 N–H and O–H groups in total. The third-order valence-corrected chi connectivity index (χ3v) is 2.21. The van der Waals surface area contributed by atoms with E-state index >= 15 is 0 Å². The Hall–Kier alpha value is -2.24. The lowest BCUT2D eigenvalue weighted by Crippen LogP contribution is -2.17. The molecular weight excluding hydrogens is 220 g/mol. The molecule has 0 unspecified atom stereocenters. The number of carbonyl (C=O) groups is 1. The second-order valence-corrected chi connectivity index (χ2v) is 3.52. The molecule has 6 nitrogen and oxygen atoms in total. The average Bonchev–Trinajstić information content (AvgIpc) is 2.68. The van der Waals surface area contributed by atoms with Gasteiger partial charge in [0.25, 0.3) is 0 Å². The van der Waals surface area contributed by atoms with Crippen LogP contribution in [-0.2, 0) is 9.53 Å². The quantitative estimate of drug-likeness (QED) is 0.544. The summed E-state index contributed by atoms with van der Waals surface area (Å²) in [6, 6.07) is 5.38. The normalized spacial score (nSPS) is 10.4. The third-order valence-electron chi connectivity index (χ3n) is 2.21. The number of aromatic amines is 1. The van der Waals surface area contributed by atoms with Crippen LogP contribution in [0.15, 0.2) is 18.2 Å². The first-order chi connectivity index (χ1) is 8.19. The highest BCUT2D eigenvalue weighted by Crippen LogP contribution is 2.16. The van der Waals surface area contributed by atoms with Crippen molar-refractivity contribution < 1.29 is 9.53 Å². The van der Waals surface area contributed by atoms with E-state index in [1.807, 2.05) is 6.07 Å². The van der Waals surface area contributed by atoms with Crippen molar-refractivity contribution in [3.05, 3.63) is 18.2 Å². The molecule has 1 heterocycles. The van der Waals surface area contributed by atoms with Crippen LogP contribution in [0.4, 0.5) is 11.6 Å². The van der Waals surface area contributed by atoms with Gasteiger partial charge in [-0.2, -0.15) is 0 Å². The summed E-state index contributed by atoms with van der Waals surface area (Å²) in [6.07, 6.45) is 0. The van der Waals surface area contributed by atoms with E-state index in [9.17, 15) is 4.79 Å². The number of anilines is 2. The van der Waals surface area contributed by atoms with Gasteiger partial charge in [0.2, 0.25) is 5.95 Å². The molecule has 2 aromatic rings. The molecule has 0 radical (unpaired) electrons. The highest BCUT2D eigenvalue weighted by Gasteiger charge is 2.05. The van der Waals surface area contributed by atoms with Gasteiger partial charge in [-0.15, -0.1) is 0 Å². The van der Waals surface area contributed by atoms with Gasteiger partial charge < -0.3 is 20.8 Å². The molecule has 0 atom stereocenters. The fourth-order valence-corrected chi connectivity index (χ4v) is 1.48. The molecule has 0 saturated carbocycles. The molecule has 0 aliphatic carbocycles. The molecule has 1 aromatic carbocycles. The van der Waals surface area contributed by atoms with Gasteiger partial charge in [-0.1, -0.05) is 0 Å². The molecule has 90 valence electrons. The highest BCUT2D eigenvalue weighted by molar-refractivity contribution is 5.81. The first-order valence-electron chi connectivity index (χ1n) is 5.34. The summed E-state index contributed by atoms with van der Waals surface area (Å²) in [6.45, 7) is 2.22. The van der Waals surface area contributed by atoms with E-state index < -0.39 is 0 Å². The van der Waals surface area contributed by atoms with Gasteiger partial charge in [-0.05, 0) is 25.1 Å². The topological polar surface area (TPSA) is 93.0 Å². The lowest BCUT2D eigenvalue weighted by Gasteiger charge is -2.01. The van der Waals surface area contributed by atoms with E-state index in [-0.39, 0.29) is 12.5 Å². The molecule has 0 amide bonds. The van der Waals surface area contributed by atoms with E-state index in [1.165, 1.54) is 0 Å². The van der Waals surface area contributed by atoms with Crippen molar-refractivity contribution in [3.8, 4) is 0 Å². The van der Waals surface area contributed by atoms with Gasteiger partial charge in [0.15, 0.2) is 0 Å². The number of nitrogen functional groups attached to an aromatic ring is 1. The molecule has 0 fully saturated rings. The summed E-state index contributed by atoms with van der Waals surface area (Å²) >= 11 is 0. The number of fused-ring (bicyclic) bond motifs is 1. The monoisotopic (exact) mass is 234 g/mol. The number of hydrogen-bond donors (Lipinski definition) is 3. The van der Waals surface area contributed by atoms with Crippen molar-refractivity contribution in [1.29, 1.82) is 0 Å². The molecular formula is C11H14N4O2. The molecule has 0 aliphatic rings. The lowest BCUT2D eigenvalue weighted by molar-refractivity contribution is -0.140. The fraction of sp³-hybridized carbons (Fsp3) is 0.273. The van der Waals surface area contributed by atoms with E-state index in [0.717, 1.165) is 11.0 Å². The fourth-order valence-electron chi connectivity index (χ4n) is 1.48. The molecule has 1 aromatic heterocycles. The number of nitrogens with one attached hydrogen (secondary N) is 2. The predicted molar refractivity (Wildman–Crippen MR) is 65.6 cm³/mol. The Balaban J connectivity index is 2.07. The summed E-state index contributed by atoms with van der Waals surface area (Å²) in [5.41, 5.74) is 7.94.